The number of aliphatic carboxylic acids is 1. The highest BCUT2D eigenvalue weighted by Gasteiger charge is 2.38. The van der Waals surface area contributed by atoms with Crippen molar-refractivity contribution in [2.24, 2.45) is 5.92 Å². The van der Waals surface area contributed by atoms with Crippen LogP contribution in [0.1, 0.15) is 53.5 Å². The van der Waals surface area contributed by atoms with E-state index in [1.54, 1.807) is 22.6 Å². The van der Waals surface area contributed by atoms with E-state index in [0.29, 0.717) is 30.8 Å². The highest BCUT2D eigenvalue weighted by Crippen LogP contribution is 2.32. The van der Waals surface area contributed by atoms with Gasteiger partial charge in [-0.05, 0) is 57.6 Å². The Morgan fingerprint density at radius 3 is 2.75 bits per heavy atom. The number of carbonyl (C=O) groups excluding carboxylic acids is 1. The quantitative estimate of drug-likeness (QED) is 0.881. The van der Waals surface area contributed by atoms with Crippen molar-refractivity contribution in [1.82, 2.24) is 14.7 Å². The Hall–Kier alpha value is -2.70. The molecule has 4 rings (SSSR count). The molecule has 7 heteroatoms. The van der Waals surface area contributed by atoms with Crippen LogP contribution in [0.5, 0.6) is 0 Å². The molecule has 1 fully saturated rings. The van der Waals surface area contributed by atoms with E-state index >= 15 is 0 Å². The molecule has 28 heavy (non-hydrogen) atoms. The molecular formula is C21H24FN3O3. The van der Waals surface area contributed by atoms with Crippen molar-refractivity contribution in [2.75, 3.05) is 6.54 Å². The molecule has 0 radical (unpaired) electrons. The molecule has 1 saturated heterocycles. The second kappa shape index (κ2) is 7.04. The summed E-state index contributed by atoms with van der Waals surface area (Å²) in [7, 11) is 0. The second-order valence-corrected chi connectivity index (χ2v) is 7.77. The lowest BCUT2D eigenvalue weighted by Gasteiger charge is -2.37. The highest BCUT2D eigenvalue weighted by atomic mass is 19.1. The average Bonchev–Trinajstić information content (AvgIpc) is 3.24. The molecule has 2 aliphatic rings. The number of aryl methyl sites for hydroxylation is 1. The molecule has 2 aromatic rings. The van der Waals surface area contributed by atoms with Gasteiger partial charge in [-0.1, -0.05) is 12.1 Å². The predicted octanol–water partition coefficient (Wildman–Crippen LogP) is 3.13. The summed E-state index contributed by atoms with van der Waals surface area (Å²) in [6.07, 6.45) is 3.60. The zero-order valence-corrected chi connectivity index (χ0v) is 16.1. The number of carboxylic acids is 1. The van der Waals surface area contributed by atoms with Crippen LogP contribution in [0.15, 0.2) is 18.2 Å². The number of carbonyl (C=O) groups is 2. The molecule has 148 valence electrons. The largest absolute Gasteiger partial charge is 0.481 e. The van der Waals surface area contributed by atoms with Crippen LogP contribution in [0.2, 0.25) is 0 Å². The van der Waals surface area contributed by atoms with Crippen molar-refractivity contribution in [3.63, 3.8) is 0 Å². The van der Waals surface area contributed by atoms with Crippen LogP contribution in [0.4, 0.5) is 4.39 Å². The maximum atomic E-state index is 14.6. The van der Waals surface area contributed by atoms with Gasteiger partial charge in [-0.15, -0.1) is 0 Å². The van der Waals surface area contributed by atoms with Gasteiger partial charge < -0.3 is 10.0 Å². The number of aromatic nitrogens is 2. The van der Waals surface area contributed by atoms with Gasteiger partial charge in [-0.3, -0.25) is 9.59 Å². The first-order valence-corrected chi connectivity index (χ1v) is 9.80. The number of amides is 1. The molecule has 0 bridgehead atoms. The Bertz CT molecular complexity index is 932. The zero-order valence-electron chi connectivity index (χ0n) is 16.1. The number of rotatable bonds is 3. The van der Waals surface area contributed by atoms with Crippen LogP contribution < -0.4 is 0 Å². The Morgan fingerprint density at radius 1 is 1.25 bits per heavy atom. The molecule has 1 amide bonds. The number of benzene rings is 1. The maximum Gasteiger partial charge on any atom is 0.308 e. The molecule has 0 unspecified atom stereocenters. The number of likely N-dealkylation sites (tertiary alicyclic amines) is 1. The lowest BCUT2D eigenvalue weighted by atomic mass is 9.90. The summed E-state index contributed by atoms with van der Waals surface area (Å²) < 4.78 is 16.1. The number of para-hydroxylation sites is 1. The van der Waals surface area contributed by atoms with Crippen molar-refractivity contribution >= 4 is 11.9 Å². The van der Waals surface area contributed by atoms with Crippen LogP contribution in [-0.4, -0.2) is 44.3 Å². The van der Waals surface area contributed by atoms with E-state index in [2.05, 4.69) is 5.10 Å². The summed E-state index contributed by atoms with van der Waals surface area (Å²) in [6.45, 7) is 4.13. The van der Waals surface area contributed by atoms with Crippen molar-refractivity contribution in [3.05, 3.63) is 46.5 Å². The fourth-order valence-corrected chi connectivity index (χ4v) is 4.58. The monoisotopic (exact) mass is 385 g/mol. The Kier molecular flexibility index (Phi) is 4.69. The molecule has 1 aliphatic heterocycles. The third-order valence-corrected chi connectivity index (χ3v) is 6.10. The summed E-state index contributed by atoms with van der Waals surface area (Å²) in [5, 5.41) is 14.0. The van der Waals surface area contributed by atoms with Crippen molar-refractivity contribution in [3.8, 4) is 5.69 Å². The standard InChI is InChI=1S/C21H24FN3O3/c1-12-6-3-9-16(22)19(12)25-17-10-4-7-15(17)18(23-25)20(26)24-11-5-8-14(13(24)2)21(27)28/h3,6,9,13-14H,4-5,7-8,10-11H2,1-2H3,(H,27,28)/t13-,14-/m1/s1. The van der Waals surface area contributed by atoms with Crippen molar-refractivity contribution < 1.29 is 19.1 Å². The molecule has 2 atom stereocenters. The summed E-state index contributed by atoms with van der Waals surface area (Å²) in [5.74, 6) is -2.05. The Labute approximate surface area is 163 Å². The van der Waals surface area contributed by atoms with Gasteiger partial charge in [0.05, 0.1) is 5.92 Å². The zero-order chi connectivity index (χ0) is 20.0. The summed E-state index contributed by atoms with van der Waals surface area (Å²) >= 11 is 0. The lowest BCUT2D eigenvalue weighted by Crippen LogP contribution is -2.49. The number of nitrogens with zero attached hydrogens (tertiary/aromatic N) is 3. The molecule has 1 N–H and O–H groups in total. The van der Waals surface area contributed by atoms with E-state index in [1.165, 1.54) is 6.07 Å². The smallest absolute Gasteiger partial charge is 0.308 e. The van der Waals surface area contributed by atoms with Crippen LogP contribution in [0.3, 0.4) is 0 Å². The van der Waals surface area contributed by atoms with E-state index in [4.69, 9.17) is 0 Å². The van der Waals surface area contributed by atoms with E-state index in [-0.39, 0.29) is 11.7 Å². The number of halogens is 1. The fraction of sp³-hybridized carbons (Fsp3) is 0.476. The van der Waals surface area contributed by atoms with Crippen LogP contribution in [-0.2, 0) is 17.6 Å². The normalized spacial score (nSPS) is 21.6. The van der Waals surface area contributed by atoms with Gasteiger partial charge in [-0.25, -0.2) is 9.07 Å². The number of hydrogen-bond donors (Lipinski definition) is 1. The minimum Gasteiger partial charge on any atom is -0.481 e. The molecule has 0 spiro atoms. The average molecular weight is 385 g/mol. The van der Waals surface area contributed by atoms with E-state index in [1.807, 2.05) is 13.0 Å². The van der Waals surface area contributed by atoms with Crippen molar-refractivity contribution in [2.45, 2.75) is 52.0 Å². The topological polar surface area (TPSA) is 75.4 Å². The minimum atomic E-state index is -0.872. The number of hydrogen-bond acceptors (Lipinski definition) is 3. The number of fused-ring (bicyclic) bond motifs is 1. The van der Waals surface area contributed by atoms with Gasteiger partial charge in [0, 0.05) is 23.8 Å². The van der Waals surface area contributed by atoms with E-state index in [0.717, 1.165) is 36.1 Å². The minimum absolute atomic E-state index is 0.246. The van der Waals surface area contributed by atoms with Gasteiger partial charge in [0.2, 0.25) is 0 Å². The fourth-order valence-electron chi connectivity index (χ4n) is 4.58. The SMILES string of the molecule is Cc1cccc(F)c1-n1nc(C(=O)N2CCC[C@@H](C(=O)O)[C@H]2C)c2c1CCC2. The van der Waals surface area contributed by atoms with Crippen LogP contribution >= 0.6 is 0 Å². The van der Waals surface area contributed by atoms with E-state index in [9.17, 15) is 19.1 Å². The summed E-state index contributed by atoms with van der Waals surface area (Å²) in [5.41, 5.74) is 3.24. The predicted molar refractivity (Wildman–Crippen MR) is 101 cm³/mol. The Morgan fingerprint density at radius 2 is 2.04 bits per heavy atom. The maximum absolute atomic E-state index is 14.6. The second-order valence-electron chi connectivity index (χ2n) is 7.77. The number of piperidine rings is 1. The molecule has 1 aromatic heterocycles. The van der Waals surface area contributed by atoms with Crippen molar-refractivity contribution in [1.29, 1.82) is 0 Å². The Balaban J connectivity index is 1.75. The van der Waals surface area contributed by atoms with Crippen LogP contribution in [0.25, 0.3) is 5.69 Å². The van der Waals surface area contributed by atoms with E-state index < -0.39 is 17.9 Å². The molecule has 0 saturated carbocycles. The summed E-state index contributed by atoms with van der Waals surface area (Å²) in [6, 6.07) is 4.49. The molecule has 6 nitrogen and oxygen atoms in total. The highest BCUT2D eigenvalue weighted by molar-refractivity contribution is 5.95. The van der Waals surface area contributed by atoms with Crippen LogP contribution in [0, 0.1) is 18.7 Å². The van der Waals surface area contributed by atoms with Gasteiger partial charge in [0.15, 0.2) is 5.69 Å². The van der Waals surface area contributed by atoms with Gasteiger partial charge >= 0.3 is 5.97 Å². The first kappa shape index (κ1) is 18.7. The third-order valence-electron chi connectivity index (χ3n) is 6.10. The molecule has 1 aliphatic carbocycles. The number of carboxylic acid groups (broad SMARTS) is 1. The van der Waals surface area contributed by atoms with Gasteiger partial charge in [0.1, 0.15) is 11.5 Å². The summed E-state index contributed by atoms with van der Waals surface area (Å²) in [4.78, 5) is 26.5. The first-order valence-electron chi connectivity index (χ1n) is 9.80. The van der Waals surface area contributed by atoms with Gasteiger partial charge in [0.25, 0.3) is 5.91 Å². The third kappa shape index (κ3) is 2.89. The van der Waals surface area contributed by atoms with Gasteiger partial charge in [-0.2, -0.15) is 5.10 Å². The first-order chi connectivity index (χ1) is 13.4. The molecule has 1 aromatic carbocycles. The molecular weight excluding hydrogens is 361 g/mol. The molecule has 2 heterocycles. The lowest BCUT2D eigenvalue weighted by molar-refractivity contribution is -0.144.